The minimum Gasteiger partial charge on any atom is -0.478 e. The monoisotopic (exact) mass is 225 g/mol. The first-order valence-corrected chi connectivity index (χ1v) is 4.87. The third-order valence-corrected chi connectivity index (χ3v) is 1.76. The molecule has 3 N–H and O–H groups in total. The van der Waals surface area contributed by atoms with Crippen LogP contribution in [0.25, 0.3) is 0 Å². The summed E-state index contributed by atoms with van der Waals surface area (Å²) in [7, 11) is 0. The lowest BCUT2D eigenvalue weighted by Crippen LogP contribution is -1.91. The first kappa shape index (κ1) is 14.1. The largest absolute Gasteiger partial charge is 0.478 e. The molecule has 0 spiro atoms. The summed E-state index contributed by atoms with van der Waals surface area (Å²) in [5.74, 6) is -2.51. The van der Waals surface area contributed by atoms with E-state index in [4.69, 9.17) is 15.6 Å². The average molecular weight is 225 g/mol. The minimum absolute atomic E-state index is 0.558. The third kappa shape index (κ3) is 10.2. The molecule has 0 aromatic carbocycles. The third-order valence-electron chi connectivity index (χ3n) is 1.76. The van der Waals surface area contributed by atoms with E-state index in [0.29, 0.717) is 12.2 Å². The van der Waals surface area contributed by atoms with Crippen LogP contribution in [0.2, 0.25) is 0 Å². The Morgan fingerprint density at radius 3 is 1.75 bits per heavy atom. The van der Waals surface area contributed by atoms with Crippen LogP contribution in [0.15, 0.2) is 24.3 Å². The second-order valence-electron chi connectivity index (χ2n) is 3.16. The number of hydrogen-bond donors (Lipinski definition) is 3. The van der Waals surface area contributed by atoms with Gasteiger partial charge in [0.05, 0.1) is 0 Å². The fourth-order valence-electron chi connectivity index (χ4n) is 1.02. The summed E-state index contributed by atoms with van der Waals surface area (Å²) in [6, 6.07) is 0. The van der Waals surface area contributed by atoms with Gasteiger partial charge in [-0.3, -0.25) is 0 Å². The highest BCUT2D eigenvalue weighted by Gasteiger charge is 1.96. The predicted molar refractivity (Wildman–Crippen MR) is 59.7 cm³/mol. The van der Waals surface area contributed by atoms with E-state index in [1.807, 2.05) is 0 Å². The molecule has 0 aromatic heterocycles. The minimum atomic E-state index is -1.26. The van der Waals surface area contributed by atoms with E-state index in [1.165, 1.54) is 0 Å². The van der Waals surface area contributed by atoms with Crippen molar-refractivity contribution >= 4 is 17.7 Å². The van der Waals surface area contributed by atoms with Gasteiger partial charge in [0.1, 0.15) is 0 Å². The molecule has 0 aliphatic heterocycles. The summed E-state index contributed by atoms with van der Waals surface area (Å²) in [5.41, 5.74) is 0.912. The van der Waals surface area contributed by atoms with Gasteiger partial charge in [-0.15, -0.1) is 0 Å². The zero-order valence-electron chi connectivity index (χ0n) is 8.85. The number of aliphatic carboxylic acids is 2. The summed E-state index contributed by atoms with van der Waals surface area (Å²) in [6.45, 7) is 0. The summed E-state index contributed by atoms with van der Waals surface area (Å²) in [5, 5.41) is 22.9. The van der Waals surface area contributed by atoms with Crippen molar-refractivity contribution in [1.82, 2.24) is 0 Å². The van der Waals surface area contributed by atoms with Crippen molar-refractivity contribution in [3.63, 3.8) is 0 Å². The van der Waals surface area contributed by atoms with Crippen molar-refractivity contribution in [2.75, 3.05) is 0 Å². The van der Waals surface area contributed by atoms with Gasteiger partial charge in [-0.2, -0.15) is 0 Å². The smallest absolute Gasteiger partial charge is 0.328 e. The molecule has 0 saturated carbocycles. The normalized spacial score (nSPS) is 15.1. The molecule has 16 heavy (non-hydrogen) atoms. The number of rotatable bonds is 2. The van der Waals surface area contributed by atoms with Crippen LogP contribution in [-0.2, 0) is 9.59 Å². The lowest BCUT2D eigenvalue weighted by atomic mass is 10.2. The number of carboxylic acids is 2. The summed E-state index contributed by atoms with van der Waals surface area (Å²) >= 11 is 0. The molecule has 0 heterocycles. The maximum absolute atomic E-state index is 9.55. The van der Waals surface area contributed by atoms with Gasteiger partial charge in [0, 0.05) is 17.9 Å². The van der Waals surface area contributed by atoms with Gasteiger partial charge in [0.25, 0.3) is 0 Å². The van der Waals surface area contributed by atoms with E-state index in [2.05, 4.69) is 12.2 Å². The van der Waals surface area contributed by atoms with Crippen molar-refractivity contribution in [1.29, 1.82) is 5.41 Å². The number of carbonyl (C=O) groups is 2. The number of carboxylic acid groups (broad SMARTS) is 2. The van der Waals surface area contributed by atoms with E-state index < -0.39 is 11.9 Å². The van der Waals surface area contributed by atoms with Crippen LogP contribution in [0.3, 0.4) is 0 Å². The summed E-state index contributed by atoms with van der Waals surface area (Å²) in [4.78, 5) is 19.1. The summed E-state index contributed by atoms with van der Waals surface area (Å²) < 4.78 is 0. The molecule has 1 aliphatic rings. The molecule has 0 saturated heterocycles. The highest BCUT2D eigenvalue weighted by molar-refractivity contribution is 5.89. The molecule has 0 atom stereocenters. The molecule has 88 valence electrons. The Bertz CT molecular complexity index is 290. The van der Waals surface area contributed by atoms with Crippen molar-refractivity contribution in [3.8, 4) is 0 Å². The fraction of sp³-hybridized carbons (Fsp3) is 0.364. The van der Waals surface area contributed by atoms with Crippen LogP contribution in [-0.4, -0.2) is 27.9 Å². The molecule has 0 bridgehead atoms. The van der Waals surface area contributed by atoms with Gasteiger partial charge in [-0.1, -0.05) is 12.2 Å². The van der Waals surface area contributed by atoms with Crippen LogP contribution in [0.1, 0.15) is 25.7 Å². The first-order chi connectivity index (χ1) is 7.52. The van der Waals surface area contributed by atoms with E-state index >= 15 is 0 Å². The van der Waals surface area contributed by atoms with Gasteiger partial charge in [0.2, 0.25) is 0 Å². The van der Waals surface area contributed by atoms with E-state index in [9.17, 15) is 9.59 Å². The first-order valence-electron chi connectivity index (χ1n) is 4.87. The maximum Gasteiger partial charge on any atom is 0.328 e. The average Bonchev–Trinajstić information content (AvgIpc) is 2.44. The standard InChI is InChI=1S/C7H11N.C4H4O4/c8-7-5-3-1-2-4-6-7;5-3(6)1-2-4(7)8/h1-2,8H,3-6H2;1-2H,(H,5,6)(H,7,8)/b;2-1-. The SMILES string of the molecule is N=C1CCC=CCC1.O=C(O)/C=C\C(=O)O. The fourth-order valence-corrected chi connectivity index (χ4v) is 1.02. The van der Waals surface area contributed by atoms with Gasteiger partial charge in [0.15, 0.2) is 0 Å². The van der Waals surface area contributed by atoms with Gasteiger partial charge in [-0.05, 0) is 25.7 Å². The van der Waals surface area contributed by atoms with Crippen LogP contribution in [0.5, 0.6) is 0 Å². The van der Waals surface area contributed by atoms with E-state index in [0.717, 1.165) is 31.4 Å². The maximum atomic E-state index is 9.55. The number of hydrogen-bond acceptors (Lipinski definition) is 3. The Balaban J connectivity index is 0.000000281. The molecule has 1 rings (SSSR count). The molecule has 0 fully saturated rings. The van der Waals surface area contributed by atoms with Crippen molar-refractivity contribution in [2.24, 2.45) is 0 Å². The molecule has 1 aliphatic carbocycles. The van der Waals surface area contributed by atoms with Crippen LogP contribution < -0.4 is 0 Å². The Labute approximate surface area is 93.6 Å². The van der Waals surface area contributed by atoms with Crippen molar-refractivity contribution < 1.29 is 19.8 Å². The summed E-state index contributed by atoms with van der Waals surface area (Å²) in [6.07, 6.45) is 9.58. The zero-order valence-corrected chi connectivity index (χ0v) is 8.85. The topological polar surface area (TPSA) is 98.5 Å². The van der Waals surface area contributed by atoms with Crippen LogP contribution >= 0.6 is 0 Å². The predicted octanol–water partition coefficient (Wildman–Crippen LogP) is 1.85. The van der Waals surface area contributed by atoms with Crippen LogP contribution in [0.4, 0.5) is 0 Å². The lowest BCUT2D eigenvalue weighted by Gasteiger charge is -1.92. The lowest BCUT2D eigenvalue weighted by molar-refractivity contribution is -0.134. The quantitative estimate of drug-likeness (QED) is 0.493. The Hall–Kier alpha value is -1.91. The Morgan fingerprint density at radius 1 is 1.06 bits per heavy atom. The molecular formula is C11H15NO4. The van der Waals surface area contributed by atoms with Crippen molar-refractivity contribution in [2.45, 2.75) is 25.7 Å². The Morgan fingerprint density at radius 2 is 1.44 bits per heavy atom. The second kappa shape index (κ2) is 8.40. The molecule has 0 amide bonds. The van der Waals surface area contributed by atoms with Crippen molar-refractivity contribution in [3.05, 3.63) is 24.3 Å². The highest BCUT2D eigenvalue weighted by atomic mass is 16.4. The van der Waals surface area contributed by atoms with Gasteiger partial charge >= 0.3 is 11.9 Å². The molecular weight excluding hydrogens is 210 g/mol. The molecule has 0 aromatic rings. The van der Waals surface area contributed by atoms with Crippen LogP contribution in [0, 0.1) is 5.41 Å². The molecule has 5 nitrogen and oxygen atoms in total. The van der Waals surface area contributed by atoms with Gasteiger partial charge in [-0.25, -0.2) is 9.59 Å². The number of nitrogens with one attached hydrogen (secondary N) is 1. The van der Waals surface area contributed by atoms with E-state index in [-0.39, 0.29) is 0 Å². The second-order valence-corrected chi connectivity index (χ2v) is 3.16. The Kier molecular flexibility index (Phi) is 7.40. The molecule has 0 radical (unpaired) electrons. The zero-order chi connectivity index (χ0) is 12.4. The molecule has 5 heteroatoms. The van der Waals surface area contributed by atoms with Gasteiger partial charge < -0.3 is 15.6 Å². The number of allylic oxidation sites excluding steroid dienone is 2. The highest BCUT2D eigenvalue weighted by Crippen LogP contribution is 2.05. The van der Waals surface area contributed by atoms with E-state index in [1.54, 1.807) is 0 Å². The molecule has 0 unspecified atom stereocenters.